The highest BCUT2D eigenvalue weighted by atomic mass is 32.1. The van der Waals surface area contributed by atoms with Crippen LogP contribution in [0.3, 0.4) is 0 Å². The van der Waals surface area contributed by atoms with Crippen molar-refractivity contribution < 1.29 is 0 Å². The van der Waals surface area contributed by atoms with E-state index in [1.54, 1.807) is 0 Å². The van der Waals surface area contributed by atoms with Gasteiger partial charge in [-0.25, -0.2) is 0 Å². The zero-order valence-corrected chi connectivity index (χ0v) is 30.2. The van der Waals surface area contributed by atoms with Crippen LogP contribution in [0.4, 0.5) is 17.1 Å². The van der Waals surface area contributed by atoms with Gasteiger partial charge in [0.05, 0.1) is 0 Å². The van der Waals surface area contributed by atoms with Crippen LogP contribution in [0.15, 0.2) is 200 Å². The van der Waals surface area contributed by atoms with Crippen molar-refractivity contribution in [1.29, 1.82) is 0 Å². The smallest absolute Gasteiger partial charge is 0.0468 e. The van der Waals surface area contributed by atoms with E-state index in [1.165, 1.54) is 85.5 Å². The molecule has 54 heavy (non-hydrogen) atoms. The number of nitrogens with zero attached hydrogens (tertiary/aromatic N) is 1. The molecule has 0 saturated heterocycles. The van der Waals surface area contributed by atoms with E-state index in [9.17, 15) is 0 Å². The molecule has 1 nitrogen and oxygen atoms in total. The average Bonchev–Trinajstić information content (AvgIpc) is 3.62. The molecule has 0 aliphatic heterocycles. The first kappa shape index (κ1) is 30.8. The summed E-state index contributed by atoms with van der Waals surface area (Å²) in [7, 11) is 0. The van der Waals surface area contributed by atoms with Gasteiger partial charge in [-0.2, -0.15) is 0 Å². The van der Waals surface area contributed by atoms with E-state index < -0.39 is 0 Å². The fourth-order valence-electron chi connectivity index (χ4n) is 8.46. The summed E-state index contributed by atoms with van der Waals surface area (Å²) in [6.07, 6.45) is 0. The lowest BCUT2D eigenvalue weighted by Crippen LogP contribution is -2.09. The van der Waals surface area contributed by atoms with E-state index in [2.05, 4.69) is 205 Å². The monoisotopic (exact) mass is 703 g/mol. The molecule has 1 aromatic heterocycles. The Balaban J connectivity index is 1.08. The molecule has 252 valence electrons. The van der Waals surface area contributed by atoms with Crippen LogP contribution in [0, 0.1) is 0 Å². The second kappa shape index (κ2) is 12.4. The maximum absolute atomic E-state index is 2.44. The lowest BCUT2D eigenvalue weighted by atomic mass is 9.87. The van der Waals surface area contributed by atoms with Crippen molar-refractivity contribution in [3.05, 3.63) is 200 Å². The maximum Gasteiger partial charge on any atom is 0.0468 e. The second-order valence-corrected chi connectivity index (χ2v) is 15.2. The summed E-state index contributed by atoms with van der Waals surface area (Å²) < 4.78 is 2.67. The van der Waals surface area contributed by atoms with Crippen molar-refractivity contribution in [3.8, 4) is 22.3 Å². The fourth-order valence-corrected chi connectivity index (χ4v) is 9.55. The summed E-state index contributed by atoms with van der Waals surface area (Å²) in [5.41, 5.74) is 8.41. The summed E-state index contributed by atoms with van der Waals surface area (Å²) in [6, 6.07) is 73.5. The van der Waals surface area contributed by atoms with Crippen LogP contribution in [0.1, 0.15) is 0 Å². The van der Waals surface area contributed by atoms with Gasteiger partial charge in [0.25, 0.3) is 0 Å². The zero-order valence-electron chi connectivity index (χ0n) is 29.4. The van der Waals surface area contributed by atoms with Gasteiger partial charge in [-0.05, 0) is 138 Å². The molecule has 0 fully saturated rings. The van der Waals surface area contributed by atoms with Gasteiger partial charge < -0.3 is 4.90 Å². The molecule has 0 amide bonds. The van der Waals surface area contributed by atoms with Gasteiger partial charge in [0.15, 0.2) is 0 Å². The van der Waals surface area contributed by atoms with Crippen LogP contribution in [-0.4, -0.2) is 0 Å². The van der Waals surface area contributed by atoms with Crippen molar-refractivity contribution in [2.24, 2.45) is 0 Å². The van der Waals surface area contributed by atoms with Crippen LogP contribution in [0.2, 0.25) is 0 Å². The Morgan fingerprint density at radius 2 is 0.759 bits per heavy atom. The Labute approximate surface area is 317 Å². The van der Waals surface area contributed by atoms with Crippen molar-refractivity contribution in [2.75, 3.05) is 4.90 Å². The van der Waals surface area contributed by atoms with E-state index in [0.717, 1.165) is 17.1 Å². The highest BCUT2D eigenvalue weighted by Crippen LogP contribution is 2.44. The summed E-state index contributed by atoms with van der Waals surface area (Å²) >= 11 is 1.87. The van der Waals surface area contributed by atoms with Crippen LogP contribution >= 0.6 is 11.3 Å². The maximum atomic E-state index is 2.44. The quantitative estimate of drug-likeness (QED) is 0.161. The molecule has 0 spiro atoms. The van der Waals surface area contributed by atoms with E-state index in [4.69, 9.17) is 0 Å². The third-order valence-corrected chi connectivity index (χ3v) is 12.1. The minimum atomic E-state index is 1.14. The summed E-state index contributed by atoms with van der Waals surface area (Å²) in [5.74, 6) is 0. The van der Waals surface area contributed by atoms with Gasteiger partial charge in [-0.3, -0.25) is 0 Å². The molecule has 0 saturated carbocycles. The van der Waals surface area contributed by atoms with E-state index >= 15 is 0 Å². The van der Waals surface area contributed by atoms with Gasteiger partial charge in [0.2, 0.25) is 0 Å². The Kier molecular flexibility index (Phi) is 7.11. The number of para-hydroxylation sites is 2. The van der Waals surface area contributed by atoms with Crippen LogP contribution in [0.25, 0.3) is 85.5 Å². The molecule has 0 N–H and O–H groups in total. The highest BCUT2D eigenvalue weighted by Gasteiger charge is 2.17. The predicted molar refractivity (Wildman–Crippen MR) is 235 cm³/mol. The van der Waals surface area contributed by atoms with Crippen LogP contribution in [0.5, 0.6) is 0 Å². The Morgan fingerprint density at radius 3 is 1.41 bits per heavy atom. The molecule has 0 bridgehead atoms. The SMILES string of the molecule is c1ccc(N(c2ccccc2)c2ccc3cc(-c4cc5c6ccccc6c(-c6ccc7sc8ccccc8c7c6)cc5c5ccccc45)ccc3c2)cc1. The number of rotatable bonds is 5. The highest BCUT2D eigenvalue weighted by molar-refractivity contribution is 7.25. The van der Waals surface area contributed by atoms with Crippen molar-refractivity contribution in [1.82, 2.24) is 0 Å². The molecule has 0 aliphatic rings. The molecular formula is C52H33NS. The van der Waals surface area contributed by atoms with E-state index in [0.29, 0.717) is 0 Å². The summed E-state index contributed by atoms with van der Waals surface area (Å²) in [6.45, 7) is 0. The molecule has 1 heterocycles. The Hall–Kier alpha value is -6.74. The van der Waals surface area contributed by atoms with Gasteiger partial charge in [0.1, 0.15) is 0 Å². The average molecular weight is 704 g/mol. The number of thiophene rings is 1. The number of hydrogen-bond acceptors (Lipinski definition) is 2. The number of hydrogen-bond donors (Lipinski definition) is 0. The first-order valence-corrected chi connectivity index (χ1v) is 19.3. The summed E-state index contributed by atoms with van der Waals surface area (Å²) in [4.78, 5) is 2.32. The number of anilines is 3. The third kappa shape index (κ3) is 4.99. The van der Waals surface area contributed by atoms with Crippen molar-refractivity contribution >= 4 is 91.7 Å². The molecule has 0 atom stereocenters. The lowest BCUT2D eigenvalue weighted by molar-refractivity contribution is 1.29. The van der Waals surface area contributed by atoms with Crippen molar-refractivity contribution in [2.45, 2.75) is 0 Å². The zero-order chi connectivity index (χ0) is 35.6. The molecule has 10 aromatic carbocycles. The second-order valence-electron chi connectivity index (χ2n) is 14.1. The normalized spacial score (nSPS) is 11.7. The Bertz CT molecular complexity index is 3170. The van der Waals surface area contributed by atoms with Gasteiger partial charge >= 0.3 is 0 Å². The minimum absolute atomic E-state index is 1.14. The molecule has 0 aliphatic carbocycles. The molecular weight excluding hydrogens is 671 g/mol. The van der Waals surface area contributed by atoms with Crippen molar-refractivity contribution in [3.63, 3.8) is 0 Å². The van der Waals surface area contributed by atoms with Gasteiger partial charge in [-0.15, -0.1) is 11.3 Å². The van der Waals surface area contributed by atoms with Crippen LogP contribution in [-0.2, 0) is 0 Å². The Morgan fingerprint density at radius 1 is 0.278 bits per heavy atom. The third-order valence-electron chi connectivity index (χ3n) is 11.0. The predicted octanol–water partition coefficient (Wildman–Crippen LogP) is 15.5. The molecule has 11 aromatic rings. The fraction of sp³-hybridized carbons (Fsp3) is 0. The largest absolute Gasteiger partial charge is 0.310 e. The molecule has 2 heteroatoms. The standard InChI is InChI=1S/C52H33NS/c1-3-13-38(14-4-1)53(39-15-5-2-6-16-39)40-27-25-34-29-36(24-23-35(34)30-40)46-32-48-44-20-10-8-18-42(44)47(33-49(48)43-19-9-7-17-41(43)46)37-26-28-52-50(31-37)45-21-11-12-22-51(45)54-52/h1-33H. The topological polar surface area (TPSA) is 3.24 Å². The van der Waals surface area contributed by atoms with E-state index in [-0.39, 0.29) is 0 Å². The van der Waals surface area contributed by atoms with Gasteiger partial charge in [0, 0.05) is 37.2 Å². The van der Waals surface area contributed by atoms with Crippen LogP contribution < -0.4 is 4.90 Å². The minimum Gasteiger partial charge on any atom is -0.310 e. The van der Waals surface area contributed by atoms with Gasteiger partial charge in [-0.1, -0.05) is 127 Å². The lowest BCUT2D eigenvalue weighted by Gasteiger charge is -2.25. The molecule has 0 radical (unpaired) electrons. The van der Waals surface area contributed by atoms with E-state index in [1.807, 2.05) is 11.3 Å². The summed E-state index contributed by atoms with van der Waals surface area (Å²) in [5, 5.41) is 12.7. The number of benzene rings is 10. The number of fused-ring (bicyclic) bond motifs is 9. The first-order chi connectivity index (χ1) is 26.8. The molecule has 0 unspecified atom stereocenters. The first-order valence-electron chi connectivity index (χ1n) is 18.5. The molecule has 11 rings (SSSR count).